The molecule has 79 heavy (non-hydrogen) atoms. The quantitative estimate of drug-likeness (QED) is 0.0228. The number of carboxylic acids is 1. The van der Waals surface area contributed by atoms with Crippen LogP contribution in [-0.4, -0.2) is 89.2 Å². The SMILES string of the molecule is CC/C=C\C/C=C\C/C=C\C/C=C\C/C=C\C/C=C\CCC(=O)OCC(COC1OC(C(=O)O)C(O)C(O)C1OC(=O)CCCCCCC/C=C\CCCC)OC(=O)CC/C=C\C/C=C\C/C=C\C/C=C\C/C=C\C/C=C\CC. The molecular weight excluding hydrogens is 997 g/mol. The van der Waals surface area contributed by atoms with Crippen molar-refractivity contribution >= 4 is 23.9 Å². The van der Waals surface area contributed by atoms with Gasteiger partial charge in [-0.3, -0.25) is 14.4 Å². The van der Waals surface area contributed by atoms with Crippen LogP contribution in [0.4, 0.5) is 0 Å². The summed E-state index contributed by atoms with van der Waals surface area (Å²) < 4.78 is 28.2. The minimum Gasteiger partial charge on any atom is -0.479 e. The zero-order valence-corrected chi connectivity index (χ0v) is 48.3. The molecule has 1 aliphatic heterocycles. The Kier molecular flexibility index (Phi) is 47.9. The lowest BCUT2D eigenvalue weighted by Gasteiger charge is -2.40. The summed E-state index contributed by atoms with van der Waals surface area (Å²) in [5.41, 5.74) is 0. The average Bonchev–Trinajstić information content (AvgIpc) is 3.47. The Morgan fingerprint density at radius 3 is 1.27 bits per heavy atom. The summed E-state index contributed by atoms with van der Waals surface area (Å²) in [5, 5.41) is 31.4. The summed E-state index contributed by atoms with van der Waals surface area (Å²) in [4.78, 5) is 51.0. The minimum absolute atomic E-state index is 0.0115. The van der Waals surface area contributed by atoms with Crippen LogP contribution in [0.5, 0.6) is 0 Å². The Balaban J connectivity index is 2.80. The first kappa shape index (κ1) is 71.4. The van der Waals surface area contributed by atoms with Gasteiger partial charge in [0.25, 0.3) is 0 Å². The zero-order valence-electron chi connectivity index (χ0n) is 48.3. The van der Waals surface area contributed by atoms with E-state index in [2.05, 4.69) is 154 Å². The molecule has 3 N–H and O–H groups in total. The molecule has 0 saturated carbocycles. The summed E-state index contributed by atoms with van der Waals surface area (Å²) in [7, 11) is 0. The summed E-state index contributed by atoms with van der Waals surface area (Å²) in [6.07, 6.45) is 65.3. The van der Waals surface area contributed by atoms with Gasteiger partial charge in [0.1, 0.15) is 18.8 Å². The van der Waals surface area contributed by atoms with Crippen LogP contribution in [-0.2, 0) is 42.9 Å². The molecule has 0 aromatic carbocycles. The fraction of sp³-hybridized carbons (Fsp3) is 0.552. The molecule has 440 valence electrons. The monoisotopic (exact) mass is 1100 g/mol. The number of ether oxygens (including phenoxy) is 5. The number of aliphatic carboxylic acids is 1. The molecule has 0 amide bonds. The van der Waals surface area contributed by atoms with Gasteiger partial charge in [-0.15, -0.1) is 0 Å². The topological polar surface area (TPSA) is 175 Å². The second-order valence-corrected chi connectivity index (χ2v) is 19.2. The maximum absolute atomic E-state index is 13.1. The Bertz CT molecular complexity index is 1980. The van der Waals surface area contributed by atoms with Gasteiger partial charge < -0.3 is 39.0 Å². The Labute approximate surface area is 475 Å². The Morgan fingerprint density at radius 2 is 0.823 bits per heavy atom. The van der Waals surface area contributed by atoms with E-state index in [-0.39, 0.29) is 19.3 Å². The van der Waals surface area contributed by atoms with Crippen molar-refractivity contribution in [3.63, 3.8) is 0 Å². The molecule has 1 rings (SSSR count). The highest BCUT2D eigenvalue weighted by molar-refractivity contribution is 5.74. The molecule has 0 spiro atoms. The van der Waals surface area contributed by atoms with Crippen LogP contribution >= 0.6 is 0 Å². The molecule has 12 heteroatoms. The van der Waals surface area contributed by atoms with E-state index in [1.54, 1.807) is 0 Å². The number of allylic oxidation sites excluding steroid dienone is 26. The summed E-state index contributed by atoms with van der Waals surface area (Å²) in [5.74, 6) is -3.39. The molecule has 1 fully saturated rings. The number of esters is 3. The van der Waals surface area contributed by atoms with E-state index in [0.29, 0.717) is 32.1 Å². The summed E-state index contributed by atoms with van der Waals surface area (Å²) in [6.45, 7) is 5.56. The molecule has 6 atom stereocenters. The van der Waals surface area contributed by atoms with E-state index in [4.69, 9.17) is 23.7 Å². The van der Waals surface area contributed by atoms with E-state index in [9.17, 15) is 34.5 Å². The molecule has 6 unspecified atom stereocenters. The molecule has 0 aromatic heterocycles. The minimum atomic E-state index is -1.93. The number of rotatable bonds is 47. The van der Waals surface area contributed by atoms with Gasteiger partial charge in [0.05, 0.1) is 6.61 Å². The van der Waals surface area contributed by atoms with Crippen LogP contribution in [0.15, 0.2) is 158 Å². The number of hydrogen-bond acceptors (Lipinski definition) is 11. The fourth-order valence-electron chi connectivity index (χ4n) is 7.63. The summed E-state index contributed by atoms with van der Waals surface area (Å²) in [6, 6.07) is 0. The molecule has 1 saturated heterocycles. The Morgan fingerprint density at radius 1 is 0.430 bits per heavy atom. The van der Waals surface area contributed by atoms with Crippen molar-refractivity contribution in [1.82, 2.24) is 0 Å². The van der Waals surface area contributed by atoms with Crippen LogP contribution in [0.2, 0.25) is 0 Å². The van der Waals surface area contributed by atoms with Crippen molar-refractivity contribution in [2.75, 3.05) is 13.2 Å². The van der Waals surface area contributed by atoms with Crippen molar-refractivity contribution in [1.29, 1.82) is 0 Å². The highest BCUT2D eigenvalue weighted by atomic mass is 16.7. The predicted octanol–water partition coefficient (Wildman–Crippen LogP) is 15.3. The van der Waals surface area contributed by atoms with E-state index >= 15 is 0 Å². The molecule has 12 nitrogen and oxygen atoms in total. The van der Waals surface area contributed by atoms with Gasteiger partial charge in [0.2, 0.25) is 0 Å². The number of carbonyl (C=O) groups is 4. The second kappa shape index (κ2) is 53.0. The number of aliphatic hydroxyl groups is 2. The van der Waals surface area contributed by atoms with Crippen molar-refractivity contribution in [3.8, 4) is 0 Å². The smallest absolute Gasteiger partial charge is 0.335 e. The maximum Gasteiger partial charge on any atom is 0.335 e. The van der Waals surface area contributed by atoms with Gasteiger partial charge >= 0.3 is 23.9 Å². The van der Waals surface area contributed by atoms with Gasteiger partial charge in [-0.25, -0.2) is 4.79 Å². The largest absolute Gasteiger partial charge is 0.479 e. The standard InChI is InChI=1S/C67H100O12/c1-4-7-10-13-16-19-22-24-26-28-30-32-34-36-39-41-44-47-50-53-59(68)75-56-58(77-60(69)54-51-48-45-43-40-37-35-33-31-29-27-25-23-20-17-14-11-8-5-2)57-76-67-65(63(72)62(71)64(79-67)66(73)74)78-61(70)55-52-49-46-42-38-21-18-15-12-9-6-3/h7-8,10-11,15-20,24-27,30-33,36-37,39-40,44-45,47-48,58,62-65,67,71-72H,4-6,9,12-14,21-23,28-29,34-35,38,41-43,46,49-57H2,1-3H3,(H,73,74)/b10-7-,11-8-,18-15-,19-16-,20-17-,26-24-,27-25-,32-30-,33-31-,39-36-,40-37-,47-44-,48-45-. The third-order valence-corrected chi connectivity index (χ3v) is 12.1. The van der Waals surface area contributed by atoms with E-state index < -0.39 is 73.9 Å². The fourth-order valence-corrected chi connectivity index (χ4v) is 7.63. The third kappa shape index (κ3) is 42.9. The van der Waals surface area contributed by atoms with Crippen LogP contribution in [0.25, 0.3) is 0 Å². The van der Waals surface area contributed by atoms with Gasteiger partial charge in [-0.2, -0.15) is 0 Å². The molecule has 0 radical (unpaired) electrons. The van der Waals surface area contributed by atoms with Crippen molar-refractivity contribution in [2.45, 2.75) is 225 Å². The molecule has 0 aromatic rings. The number of hydrogen-bond donors (Lipinski definition) is 3. The molecule has 0 bridgehead atoms. The number of carboxylic acid groups (broad SMARTS) is 1. The first-order chi connectivity index (χ1) is 38.6. The van der Waals surface area contributed by atoms with Gasteiger partial charge in [-0.1, -0.05) is 211 Å². The molecule has 1 aliphatic rings. The van der Waals surface area contributed by atoms with E-state index in [1.807, 2.05) is 24.3 Å². The highest BCUT2D eigenvalue weighted by Crippen LogP contribution is 2.26. The van der Waals surface area contributed by atoms with Crippen LogP contribution < -0.4 is 0 Å². The van der Waals surface area contributed by atoms with Crippen LogP contribution in [0, 0.1) is 0 Å². The normalized spacial score (nSPS) is 19.0. The van der Waals surface area contributed by atoms with Crippen molar-refractivity contribution in [2.24, 2.45) is 0 Å². The summed E-state index contributed by atoms with van der Waals surface area (Å²) >= 11 is 0. The number of aliphatic hydroxyl groups excluding tert-OH is 2. The second-order valence-electron chi connectivity index (χ2n) is 19.2. The molecule has 1 heterocycles. The highest BCUT2D eigenvalue weighted by Gasteiger charge is 2.50. The first-order valence-electron chi connectivity index (χ1n) is 29.5. The first-order valence-corrected chi connectivity index (χ1v) is 29.5. The van der Waals surface area contributed by atoms with E-state index in [1.165, 1.54) is 12.8 Å². The zero-order chi connectivity index (χ0) is 57.5. The third-order valence-electron chi connectivity index (χ3n) is 12.1. The Hall–Kier alpha value is -5.66. The van der Waals surface area contributed by atoms with Crippen LogP contribution in [0.3, 0.4) is 0 Å². The van der Waals surface area contributed by atoms with Gasteiger partial charge in [0, 0.05) is 19.3 Å². The molecular formula is C67H100O12. The van der Waals surface area contributed by atoms with E-state index in [0.717, 1.165) is 103 Å². The van der Waals surface area contributed by atoms with Crippen molar-refractivity contribution < 1.29 is 58.2 Å². The lowest BCUT2D eigenvalue weighted by atomic mass is 9.98. The predicted molar refractivity (Wildman–Crippen MR) is 321 cm³/mol. The van der Waals surface area contributed by atoms with Gasteiger partial charge in [-0.05, 0) is 116 Å². The van der Waals surface area contributed by atoms with Gasteiger partial charge in [0.15, 0.2) is 24.6 Å². The molecule has 0 aliphatic carbocycles. The van der Waals surface area contributed by atoms with Crippen LogP contribution in [0.1, 0.15) is 188 Å². The average molecular weight is 1100 g/mol. The lowest BCUT2D eigenvalue weighted by molar-refractivity contribution is -0.301. The number of unbranched alkanes of at least 4 members (excludes halogenated alkanes) is 7. The number of carbonyl (C=O) groups excluding carboxylic acids is 3. The maximum atomic E-state index is 13.1. The van der Waals surface area contributed by atoms with Crippen molar-refractivity contribution in [3.05, 3.63) is 158 Å². The lowest BCUT2D eigenvalue weighted by Crippen LogP contribution is -2.61.